The summed E-state index contributed by atoms with van der Waals surface area (Å²) >= 11 is 0. The molecule has 8 aromatic carbocycles. The summed E-state index contributed by atoms with van der Waals surface area (Å²) in [6.45, 7) is 0. The second kappa shape index (κ2) is 11.0. The fourth-order valence-electron chi connectivity index (χ4n) is 7.57. The van der Waals surface area contributed by atoms with Gasteiger partial charge in [0.2, 0.25) is 0 Å². The largest absolute Gasteiger partial charge is 0.455 e. The molecule has 0 aliphatic heterocycles. The van der Waals surface area contributed by atoms with E-state index >= 15 is 0 Å². The zero-order chi connectivity index (χ0) is 32.3. The summed E-state index contributed by atoms with van der Waals surface area (Å²) in [5, 5.41) is 7.15. The van der Waals surface area contributed by atoms with E-state index in [-0.39, 0.29) is 0 Å². The maximum Gasteiger partial charge on any atom is 0.143 e. The molecule has 0 N–H and O–H groups in total. The lowest BCUT2D eigenvalue weighted by atomic mass is 9.97. The first-order valence-corrected chi connectivity index (χ1v) is 16.7. The maximum atomic E-state index is 6.70. The predicted molar refractivity (Wildman–Crippen MR) is 206 cm³/mol. The molecule has 3 heteroatoms. The second-order valence-corrected chi connectivity index (χ2v) is 12.6. The Balaban J connectivity index is 1.30. The van der Waals surface area contributed by atoms with E-state index in [9.17, 15) is 0 Å². The van der Waals surface area contributed by atoms with Gasteiger partial charge in [-0.1, -0.05) is 109 Å². The average Bonchev–Trinajstić information content (AvgIpc) is 3.72. The third-order valence-electron chi connectivity index (χ3n) is 9.73. The number of anilines is 3. The highest BCUT2D eigenvalue weighted by molar-refractivity contribution is 6.22. The standard InChI is InChI=1S/C46H30N2O/c1-4-15-33(16-5-1)47(34-17-6-2-7-18-34)36-29-39(46-40(30-36)38-22-12-13-23-44(38)49-46)32-25-26-42-41(28-32)45-37-21-11-10-14-31(37)24-27-43(45)48(42)35-19-8-3-9-20-35/h1-30H. The summed E-state index contributed by atoms with van der Waals surface area (Å²) in [6.07, 6.45) is 0. The zero-order valence-electron chi connectivity index (χ0n) is 26.6. The molecule has 49 heavy (non-hydrogen) atoms. The highest BCUT2D eigenvalue weighted by Crippen LogP contribution is 2.45. The number of fused-ring (bicyclic) bond motifs is 8. The van der Waals surface area contributed by atoms with Gasteiger partial charge in [-0.05, 0) is 89.1 Å². The van der Waals surface area contributed by atoms with Gasteiger partial charge in [-0.15, -0.1) is 0 Å². The lowest BCUT2D eigenvalue weighted by Gasteiger charge is -2.26. The SMILES string of the molecule is c1ccc(N(c2ccccc2)c2cc(-c3ccc4c(c3)c3c5ccccc5ccc3n4-c3ccccc3)c3oc4ccccc4c3c2)cc1. The third-order valence-corrected chi connectivity index (χ3v) is 9.73. The molecule has 0 radical (unpaired) electrons. The molecule has 10 aromatic rings. The number of nitrogens with zero attached hydrogens (tertiary/aromatic N) is 2. The smallest absolute Gasteiger partial charge is 0.143 e. The van der Waals surface area contributed by atoms with Crippen molar-refractivity contribution in [1.29, 1.82) is 0 Å². The molecule has 0 bridgehead atoms. The zero-order valence-corrected chi connectivity index (χ0v) is 26.6. The molecule has 0 unspecified atom stereocenters. The van der Waals surface area contributed by atoms with Crippen LogP contribution in [-0.2, 0) is 0 Å². The van der Waals surface area contributed by atoms with Gasteiger partial charge in [0.15, 0.2) is 0 Å². The predicted octanol–water partition coefficient (Wildman–Crippen LogP) is 13.0. The van der Waals surface area contributed by atoms with Crippen LogP contribution in [0.5, 0.6) is 0 Å². The minimum Gasteiger partial charge on any atom is -0.455 e. The molecule has 0 fully saturated rings. The molecule has 0 aliphatic carbocycles. The first-order valence-electron chi connectivity index (χ1n) is 16.7. The molecule has 0 saturated heterocycles. The molecule has 0 amide bonds. The lowest BCUT2D eigenvalue weighted by Crippen LogP contribution is -2.09. The van der Waals surface area contributed by atoms with E-state index in [1.165, 1.54) is 32.6 Å². The number of hydrogen-bond acceptors (Lipinski definition) is 2. The highest BCUT2D eigenvalue weighted by atomic mass is 16.3. The van der Waals surface area contributed by atoms with Crippen LogP contribution >= 0.6 is 0 Å². The maximum absolute atomic E-state index is 6.70. The van der Waals surface area contributed by atoms with Gasteiger partial charge in [-0.3, -0.25) is 0 Å². The van der Waals surface area contributed by atoms with Crippen molar-refractivity contribution in [2.45, 2.75) is 0 Å². The van der Waals surface area contributed by atoms with Crippen molar-refractivity contribution in [3.05, 3.63) is 182 Å². The minimum atomic E-state index is 0.884. The van der Waals surface area contributed by atoms with Gasteiger partial charge in [-0.25, -0.2) is 0 Å². The van der Waals surface area contributed by atoms with Gasteiger partial charge in [0.05, 0.1) is 11.0 Å². The van der Waals surface area contributed by atoms with Crippen LogP contribution in [-0.4, -0.2) is 4.57 Å². The van der Waals surface area contributed by atoms with Gasteiger partial charge >= 0.3 is 0 Å². The number of rotatable bonds is 5. The first-order chi connectivity index (χ1) is 24.3. The Morgan fingerprint density at radius 3 is 1.82 bits per heavy atom. The Kier molecular flexibility index (Phi) is 6.18. The molecule has 0 atom stereocenters. The van der Waals surface area contributed by atoms with Gasteiger partial charge in [-0.2, -0.15) is 0 Å². The van der Waals surface area contributed by atoms with Crippen molar-refractivity contribution in [2.24, 2.45) is 0 Å². The van der Waals surface area contributed by atoms with E-state index in [1.807, 2.05) is 6.07 Å². The van der Waals surface area contributed by atoms with Crippen molar-refractivity contribution in [3.63, 3.8) is 0 Å². The van der Waals surface area contributed by atoms with Crippen molar-refractivity contribution < 1.29 is 4.42 Å². The van der Waals surface area contributed by atoms with E-state index < -0.39 is 0 Å². The van der Waals surface area contributed by atoms with Crippen LogP contribution < -0.4 is 4.90 Å². The fourth-order valence-corrected chi connectivity index (χ4v) is 7.57. The monoisotopic (exact) mass is 626 g/mol. The highest BCUT2D eigenvalue weighted by Gasteiger charge is 2.21. The summed E-state index contributed by atoms with van der Waals surface area (Å²) in [6, 6.07) is 64.9. The Morgan fingerprint density at radius 2 is 1.06 bits per heavy atom. The summed E-state index contributed by atoms with van der Waals surface area (Å²) < 4.78 is 9.09. The molecule has 3 nitrogen and oxygen atoms in total. The van der Waals surface area contributed by atoms with E-state index in [2.05, 4.69) is 185 Å². The normalized spacial score (nSPS) is 11.7. The van der Waals surface area contributed by atoms with Crippen molar-refractivity contribution in [3.8, 4) is 16.8 Å². The van der Waals surface area contributed by atoms with Gasteiger partial charge in [0, 0.05) is 49.9 Å². The van der Waals surface area contributed by atoms with Crippen LogP contribution in [0.1, 0.15) is 0 Å². The Bertz CT molecular complexity index is 2770. The number of hydrogen-bond donors (Lipinski definition) is 0. The summed E-state index contributed by atoms with van der Waals surface area (Å²) in [5.41, 5.74) is 10.7. The first kappa shape index (κ1) is 27.5. The van der Waals surface area contributed by atoms with Gasteiger partial charge in [0.25, 0.3) is 0 Å². The van der Waals surface area contributed by atoms with Crippen LogP contribution in [0.15, 0.2) is 186 Å². The van der Waals surface area contributed by atoms with Gasteiger partial charge < -0.3 is 13.9 Å². The summed E-state index contributed by atoms with van der Waals surface area (Å²) in [4.78, 5) is 2.33. The molecule has 0 saturated carbocycles. The second-order valence-electron chi connectivity index (χ2n) is 12.6. The van der Waals surface area contributed by atoms with Crippen molar-refractivity contribution in [2.75, 3.05) is 4.90 Å². The molecule has 2 heterocycles. The molecular formula is C46H30N2O. The fraction of sp³-hybridized carbons (Fsp3) is 0. The quantitative estimate of drug-likeness (QED) is 0.190. The van der Waals surface area contributed by atoms with E-state index in [1.54, 1.807) is 0 Å². The Labute approximate surface area is 283 Å². The Morgan fingerprint density at radius 1 is 0.429 bits per heavy atom. The van der Waals surface area contributed by atoms with Crippen LogP contribution in [0, 0.1) is 0 Å². The summed E-state index contributed by atoms with van der Waals surface area (Å²) in [7, 11) is 0. The number of benzene rings is 8. The van der Waals surface area contributed by atoms with Crippen LogP contribution in [0.2, 0.25) is 0 Å². The van der Waals surface area contributed by atoms with Crippen molar-refractivity contribution in [1.82, 2.24) is 4.57 Å². The van der Waals surface area contributed by atoms with Crippen molar-refractivity contribution >= 4 is 71.6 Å². The third kappa shape index (κ3) is 4.37. The van der Waals surface area contributed by atoms with E-state index in [0.29, 0.717) is 0 Å². The Hall–Kier alpha value is -6.58. The molecule has 2 aromatic heterocycles. The molecular weight excluding hydrogens is 597 g/mol. The number of furan rings is 1. The van der Waals surface area contributed by atoms with Crippen LogP contribution in [0.4, 0.5) is 17.1 Å². The average molecular weight is 627 g/mol. The number of aromatic nitrogens is 1. The summed E-state index contributed by atoms with van der Waals surface area (Å²) in [5.74, 6) is 0. The van der Waals surface area contributed by atoms with Gasteiger partial charge in [0.1, 0.15) is 11.2 Å². The molecule has 10 rings (SSSR count). The topological polar surface area (TPSA) is 21.3 Å². The van der Waals surface area contributed by atoms with Crippen LogP contribution in [0.3, 0.4) is 0 Å². The molecule has 230 valence electrons. The van der Waals surface area contributed by atoms with E-state index in [4.69, 9.17) is 4.42 Å². The molecule has 0 spiro atoms. The van der Waals surface area contributed by atoms with E-state index in [0.717, 1.165) is 55.8 Å². The van der Waals surface area contributed by atoms with Crippen LogP contribution in [0.25, 0.3) is 71.3 Å². The minimum absolute atomic E-state index is 0.884. The lowest BCUT2D eigenvalue weighted by molar-refractivity contribution is 0.670. The molecule has 0 aliphatic rings. The number of para-hydroxylation sites is 4.